The highest BCUT2D eigenvalue weighted by molar-refractivity contribution is 4.80. The van der Waals surface area contributed by atoms with Crippen molar-refractivity contribution in [2.75, 3.05) is 13.1 Å². The molecule has 2 aliphatic rings. The fourth-order valence-corrected chi connectivity index (χ4v) is 3.79. The van der Waals surface area contributed by atoms with Gasteiger partial charge in [-0.05, 0) is 26.6 Å². The van der Waals surface area contributed by atoms with E-state index in [0.717, 1.165) is 6.54 Å². The van der Waals surface area contributed by atoms with Gasteiger partial charge in [0.05, 0.1) is 12.2 Å². The Hall–Kier alpha value is -0.0800. The minimum Gasteiger partial charge on any atom is -0.373 e. The van der Waals surface area contributed by atoms with Gasteiger partial charge in [0.25, 0.3) is 0 Å². The smallest absolute Gasteiger partial charge is 0.0678 e. The molecular formula is C18H35NO. The van der Waals surface area contributed by atoms with Crippen LogP contribution in [0.4, 0.5) is 0 Å². The molecule has 0 aromatic heterocycles. The Kier molecular flexibility index (Phi) is 5.64. The monoisotopic (exact) mass is 284 g/mol. The van der Waals surface area contributed by atoms with Crippen LogP contribution in [0.2, 0.25) is 0 Å². The van der Waals surface area contributed by atoms with Crippen LogP contribution in [0.5, 0.6) is 0 Å². The van der Waals surface area contributed by atoms with E-state index >= 15 is 0 Å². The first kappa shape index (κ1) is 12.5. The average Bonchev–Trinajstić information content (AvgIpc) is 2.46. The summed E-state index contributed by atoms with van der Waals surface area (Å²) in [7, 11) is 0. The molecule has 1 heterocycles. The van der Waals surface area contributed by atoms with Crippen LogP contribution in [-0.2, 0) is 4.74 Å². The molecule has 1 saturated carbocycles. The van der Waals surface area contributed by atoms with Crippen molar-refractivity contribution in [3.8, 4) is 0 Å². The number of hydrogen-bond donors (Lipinski definition) is 0. The Morgan fingerprint density at radius 2 is 1.30 bits per heavy atom. The number of nitrogens with zero attached hydrogens (tertiary/aromatic N) is 1. The molecule has 2 nitrogen and oxygen atoms in total. The van der Waals surface area contributed by atoms with Gasteiger partial charge in [0.2, 0.25) is 0 Å². The number of morpholine rings is 1. The van der Waals surface area contributed by atoms with Gasteiger partial charge in [-0.3, -0.25) is 4.90 Å². The molecule has 0 N–H and O–H groups in total. The fourth-order valence-electron chi connectivity index (χ4n) is 3.79. The fraction of sp³-hybridized carbons (Fsp3) is 1.00. The minimum absolute atomic E-state index is 0.0237. The van der Waals surface area contributed by atoms with Crippen LogP contribution in [0, 0.1) is 0 Å². The second kappa shape index (κ2) is 9.04. The molecule has 2 fully saturated rings. The van der Waals surface area contributed by atoms with E-state index in [1.54, 1.807) is 0 Å². The van der Waals surface area contributed by atoms with Crippen LogP contribution in [0.3, 0.4) is 0 Å². The van der Waals surface area contributed by atoms with Gasteiger partial charge in [0, 0.05) is 23.2 Å². The summed E-state index contributed by atoms with van der Waals surface area (Å²) in [5.74, 6) is 0. The van der Waals surface area contributed by atoms with Crippen LogP contribution in [0.25, 0.3) is 0 Å². The molecule has 1 aliphatic heterocycles. The van der Waals surface area contributed by atoms with Crippen molar-refractivity contribution in [3.05, 3.63) is 0 Å². The summed E-state index contributed by atoms with van der Waals surface area (Å²) in [4.78, 5) is 2.43. The zero-order valence-electron chi connectivity index (χ0n) is 16.3. The van der Waals surface area contributed by atoms with Crippen LogP contribution in [0.15, 0.2) is 0 Å². The van der Waals surface area contributed by atoms with Crippen molar-refractivity contribution in [2.45, 2.75) is 103 Å². The standard InChI is InChI=1S/C18H35NO/c1-16-14-19(15-17(2)20-16)18-12-10-8-6-4-3-5-7-9-11-13-18/h16-18H,3-15H2,1-2H3/i1D3. The summed E-state index contributed by atoms with van der Waals surface area (Å²) >= 11 is 0. The normalized spacial score (nSPS) is 36.1. The van der Waals surface area contributed by atoms with Gasteiger partial charge in [-0.1, -0.05) is 57.8 Å². The highest BCUT2D eigenvalue weighted by Crippen LogP contribution is 2.23. The Morgan fingerprint density at radius 1 is 0.800 bits per heavy atom. The van der Waals surface area contributed by atoms with Gasteiger partial charge in [-0.2, -0.15) is 0 Å². The lowest BCUT2D eigenvalue weighted by atomic mass is 9.96. The Labute approximate surface area is 130 Å². The van der Waals surface area contributed by atoms with Crippen LogP contribution in [0.1, 0.15) is 88.5 Å². The third kappa shape index (κ3) is 5.73. The largest absolute Gasteiger partial charge is 0.373 e. The van der Waals surface area contributed by atoms with Gasteiger partial charge in [-0.15, -0.1) is 0 Å². The van der Waals surface area contributed by atoms with E-state index in [0.29, 0.717) is 12.6 Å². The highest BCUT2D eigenvalue weighted by atomic mass is 16.5. The number of ether oxygens (including phenoxy) is 1. The summed E-state index contributed by atoms with van der Waals surface area (Å²) < 4.78 is 28.8. The summed E-state index contributed by atoms with van der Waals surface area (Å²) in [5.41, 5.74) is 0. The molecule has 0 aromatic rings. The van der Waals surface area contributed by atoms with E-state index in [1.165, 1.54) is 70.6 Å². The summed E-state index contributed by atoms with van der Waals surface area (Å²) in [6.45, 7) is 1.47. The average molecular weight is 285 g/mol. The lowest BCUT2D eigenvalue weighted by Gasteiger charge is -2.40. The van der Waals surface area contributed by atoms with Crippen molar-refractivity contribution in [3.63, 3.8) is 0 Å². The van der Waals surface area contributed by atoms with Gasteiger partial charge in [0.1, 0.15) is 0 Å². The third-order valence-electron chi connectivity index (χ3n) is 4.88. The lowest BCUT2D eigenvalue weighted by molar-refractivity contribution is -0.0825. The molecule has 0 aromatic carbocycles. The predicted molar refractivity (Wildman–Crippen MR) is 86.2 cm³/mol. The van der Waals surface area contributed by atoms with Crippen LogP contribution >= 0.6 is 0 Å². The summed E-state index contributed by atoms with van der Waals surface area (Å²) in [6, 6.07) is 0.547. The van der Waals surface area contributed by atoms with Gasteiger partial charge in [0.15, 0.2) is 0 Å². The Balaban J connectivity index is 1.93. The minimum atomic E-state index is -2.00. The van der Waals surface area contributed by atoms with Gasteiger partial charge >= 0.3 is 0 Å². The molecule has 2 atom stereocenters. The molecule has 2 rings (SSSR count). The first-order valence-electron chi connectivity index (χ1n) is 10.4. The van der Waals surface area contributed by atoms with Gasteiger partial charge < -0.3 is 4.74 Å². The molecule has 2 heteroatoms. The first-order valence-corrected chi connectivity index (χ1v) is 8.86. The molecule has 1 saturated heterocycles. The highest BCUT2D eigenvalue weighted by Gasteiger charge is 2.27. The van der Waals surface area contributed by atoms with E-state index < -0.39 is 13.0 Å². The summed E-state index contributed by atoms with van der Waals surface area (Å²) in [6.07, 6.45) is 14.0. The first-order chi connectivity index (χ1) is 11.0. The zero-order valence-corrected chi connectivity index (χ0v) is 13.3. The number of rotatable bonds is 1. The lowest BCUT2D eigenvalue weighted by Crippen LogP contribution is -2.50. The molecule has 20 heavy (non-hydrogen) atoms. The summed E-state index contributed by atoms with van der Waals surface area (Å²) in [5, 5.41) is 0. The Bertz CT molecular complexity index is 323. The van der Waals surface area contributed by atoms with Crippen LogP contribution in [-0.4, -0.2) is 36.2 Å². The van der Waals surface area contributed by atoms with Gasteiger partial charge in [-0.25, -0.2) is 0 Å². The molecule has 0 radical (unpaired) electrons. The van der Waals surface area contributed by atoms with E-state index in [2.05, 4.69) is 4.90 Å². The maximum absolute atomic E-state index is 7.70. The molecular weight excluding hydrogens is 246 g/mol. The van der Waals surface area contributed by atoms with E-state index in [-0.39, 0.29) is 6.10 Å². The van der Waals surface area contributed by atoms with Crippen molar-refractivity contribution in [2.24, 2.45) is 0 Å². The molecule has 0 amide bonds. The van der Waals surface area contributed by atoms with Crippen LogP contribution < -0.4 is 0 Å². The van der Waals surface area contributed by atoms with Crippen molar-refractivity contribution < 1.29 is 8.85 Å². The molecule has 1 aliphatic carbocycles. The predicted octanol–water partition coefficient (Wildman–Crippen LogP) is 4.77. The third-order valence-corrected chi connectivity index (χ3v) is 4.88. The zero-order chi connectivity index (χ0) is 16.7. The SMILES string of the molecule is [2H]C([2H])([2H])C1CN(C2CCCCCCCCCCC2)CC(C)O1. The van der Waals surface area contributed by atoms with E-state index in [9.17, 15) is 0 Å². The van der Waals surface area contributed by atoms with Crippen molar-refractivity contribution in [1.29, 1.82) is 0 Å². The topological polar surface area (TPSA) is 12.5 Å². The molecule has 0 bridgehead atoms. The maximum Gasteiger partial charge on any atom is 0.0678 e. The quantitative estimate of drug-likeness (QED) is 0.688. The van der Waals surface area contributed by atoms with Crippen molar-refractivity contribution in [1.82, 2.24) is 4.90 Å². The maximum atomic E-state index is 7.70. The molecule has 118 valence electrons. The molecule has 2 unspecified atom stereocenters. The second-order valence-corrected chi connectivity index (χ2v) is 6.80. The Morgan fingerprint density at radius 3 is 1.85 bits per heavy atom. The number of hydrogen-bond acceptors (Lipinski definition) is 2. The van der Waals surface area contributed by atoms with E-state index in [1.807, 2.05) is 6.92 Å². The molecule has 0 spiro atoms. The second-order valence-electron chi connectivity index (χ2n) is 6.80. The van der Waals surface area contributed by atoms with E-state index in [4.69, 9.17) is 8.85 Å². The van der Waals surface area contributed by atoms with Crippen molar-refractivity contribution >= 4 is 0 Å².